The number of rotatable bonds is 5. The van der Waals surface area contributed by atoms with Crippen LogP contribution in [0.3, 0.4) is 0 Å². The molecule has 1 aromatic carbocycles. The van der Waals surface area contributed by atoms with E-state index in [1.54, 1.807) is 12.1 Å². The zero-order valence-electron chi connectivity index (χ0n) is 10.5. The molecule has 0 aromatic heterocycles. The molecule has 1 aromatic rings. The van der Waals surface area contributed by atoms with Gasteiger partial charge in [0.15, 0.2) is 0 Å². The fraction of sp³-hybridized carbons (Fsp3) is 0.462. The van der Waals surface area contributed by atoms with Crippen molar-refractivity contribution in [2.75, 3.05) is 7.05 Å². The molecule has 94 valence electrons. The number of nitrogens with zero attached hydrogens (tertiary/aromatic N) is 1. The van der Waals surface area contributed by atoms with E-state index < -0.39 is 0 Å². The maximum Gasteiger partial charge on any atom is 0.123 e. The van der Waals surface area contributed by atoms with Crippen molar-refractivity contribution in [1.82, 2.24) is 4.90 Å². The van der Waals surface area contributed by atoms with Crippen LogP contribution >= 0.6 is 12.2 Å². The molecule has 0 amide bonds. The smallest absolute Gasteiger partial charge is 0.123 e. The average molecular weight is 254 g/mol. The van der Waals surface area contributed by atoms with Crippen LogP contribution in [0.1, 0.15) is 24.5 Å². The molecule has 4 heteroatoms. The number of benzene rings is 1. The molecule has 0 aliphatic heterocycles. The van der Waals surface area contributed by atoms with E-state index in [-0.39, 0.29) is 11.9 Å². The van der Waals surface area contributed by atoms with Gasteiger partial charge in [0.25, 0.3) is 0 Å². The predicted molar refractivity (Wildman–Crippen MR) is 73.5 cm³/mol. The Morgan fingerprint density at radius 1 is 1.53 bits per heavy atom. The van der Waals surface area contributed by atoms with Crippen LogP contribution in [-0.4, -0.2) is 23.0 Å². The first-order chi connectivity index (χ1) is 7.90. The van der Waals surface area contributed by atoms with Gasteiger partial charge in [0.2, 0.25) is 0 Å². The molecule has 1 rings (SSSR count). The van der Waals surface area contributed by atoms with Gasteiger partial charge in [-0.15, -0.1) is 0 Å². The van der Waals surface area contributed by atoms with Crippen LogP contribution in [0.2, 0.25) is 0 Å². The molecule has 0 radical (unpaired) electrons. The summed E-state index contributed by atoms with van der Waals surface area (Å²) < 4.78 is 13.1. The van der Waals surface area contributed by atoms with E-state index in [0.29, 0.717) is 18.0 Å². The zero-order chi connectivity index (χ0) is 13.0. The van der Waals surface area contributed by atoms with Crippen LogP contribution in [0.15, 0.2) is 18.2 Å². The second kappa shape index (κ2) is 6.07. The van der Waals surface area contributed by atoms with E-state index in [2.05, 4.69) is 11.8 Å². The molecule has 2 N–H and O–H groups in total. The Bertz CT molecular complexity index is 406. The van der Waals surface area contributed by atoms with Gasteiger partial charge in [-0.1, -0.05) is 18.3 Å². The van der Waals surface area contributed by atoms with E-state index in [0.717, 1.165) is 11.1 Å². The van der Waals surface area contributed by atoms with Gasteiger partial charge in [0, 0.05) is 19.0 Å². The Hall–Kier alpha value is -1.00. The molecule has 17 heavy (non-hydrogen) atoms. The molecule has 2 nitrogen and oxygen atoms in total. The second-order valence-electron chi connectivity index (χ2n) is 4.51. The monoisotopic (exact) mass is 254 g/mol. The number of nitrogens with two attached hydrogens (primary N) is 1. The Labute approximate surface area is 108 Å². The predicted octanol–water partition coefficient (Wildman–Crippen LogP) is 2.63. The molecule has 0 bridgehead atoms. The minimum absolute atomic E-state index is 0.194. The fourth-order valence-electron chi connectivity index (χ4n) is 1.68. The molecule has 0 saturated carbocycles. The lowest BCUT2D eigenvalue weighted by atomic mass is 10.1. The lowest BCUT2D eigenvalue weighted by Crippen LogP contribution is -2.32. The summed E-state index contributed by atoms with van der Waals surface area (Å²) in [6.07, 6.45) is 0.681. The van der Waals surface area contributed by atoms with E-state index in [4.69, 9.17) is 18.0 Å². The molecule has 0 saturated heterocycles. The highest BCUT2D eigenvalue weighted by Crippen LogP contribution is 2.14. The van der Waals surface area contributed by atoms with Crippen molar-refractivity contribution < 1.29 is 4.39 Å². The van der Waals surface area contributed by atoms with Crippen molar-refractivity contribution in [1.29, 1.82) is 0 Å². The maximum absolute atomic E-state index is 13.1. The highest BCUT2D eigenvalue weighted by atomic mass is 32.1. The third kappa shape index (κ3) is 4.40. The topological polar surface area (TPSA) is 29.3 Å². The summed E-state index contributed by atoms with van der Waals surface area (Å²) in [4.78, 5) is 2.64. The number of hydrogen-bond acceptors (Lipinski definition) is 2. The van der Waals surface area contributed by atoms with Crippen molar-refractivity contribution in [3.8, 4) is 0 Å². The van der Waals surface area contributed by atoms with Crippen molar-refractivity contribution in [3.63, 3.8) is 0 Å². The van der Waals surface area contributed by atoms with E-state index >= 15 is 0 Å². The third-order valence-corrected chi connectivity index (χ3v) is 3.15. The first-order valence-corrected chi connectivity index (χ1v) is 6.04. The van der Waals surface area contributed by atoms with Crippen molar-refractivity contribution in [2.24, 2.45) is 5.73 Å². The Morgan fingerprint density at radius 2 is 2.18 bits per heavy atom. The van der Waals surface area contributed by atoms with E-state index in [1.165, 1.54) is 6.07 Å². The second-order valence-corrected chi connectivity index (χ2v) is 5.03. The normalized spacial score (nSPS) is 12.8. The lowest BCUT2D eigenvalue weighted by Gasteiger charge is -2.25. The minimum Gasteiger partial charge on any atom is -0.393 e. The van der Waals surface area contributed by atoms with Gasteiger partial charge in [0.1, 0.15) is 5.82 Å². The highest BCUT2D eigenvalue weighted by molar-refractivity contribution is 7.80. The first-order valence-electron chi connectivity index (χ1n) is 5.63. The van der Waals surface area contributed by atoms with Crippen LogP contribution in [0.25, 0.3) is 0 Å². The molecule has 1 atom stereocenters. The summed E-state index contributed by atoms with van der Waals surface area (Å²) in [7, 11) is 1.99. The van der Waals surface area contributed by atoms with E-state index in [1.807, 2.05) is 14.0 Å². The molecule has 0 aliphatic carbocycles. The Kier molecular flexibility index (Phi) is 5.02. The average Bonchev–Trinajstić information content (AvgIpc) is 2.22. The van der Waals surface area contributed by atoms with Gasteiger partial charge < -0.3 is 5.73 Å². The maximum atomic E-state index is 13.1. The number of hydrogen-bond donors (Lipinski definition) is 1. The van der Waals surface area contributed by atoms with Gasteiger partial charge in [-0.25, -0.2) is 4.39 Å². The Balaban J connectivity index is 2.70. The molecule has 0 fully saturated rings. The quantitative estimate of drug-likeness (QED) is 0.819. The number of aryl methyl sites for hydroxylation is 1. The van der Waals surface area contributed by atoms with Gasteiger partial charge >= 0.3 is 0 Å². The first kappa shape index (κ1) is 14.1. The molecular formula is C13H19FN2S. The number of thiocarbonyl (C=S) groups is 1. The summed E-state index contributed by atoms with van der Waals surface area (Å²) in [5, 5.41) is 0. The Morgan fingerprint density at radius 3 is 2.76 bits per heavy atom. The fourth-order valence-corrected chi connectivity index (χ4v) is 1.92. The van der Waals surface area contributed by atoms with Gasteiger partial charge in [0.05, 0.1) is 4.99 Å². The highest BCUT2D eigenvalue weighted by Gasteiger charge is 2.12. The summed E-state index contributed by atoms with van der Waals surface area (Å²) in [6.45, 7) is 4.75. The van der Waals surface area contributed by atoms with Crippen LogP contribution < -0.4 is 5.73 Å². The molecule has 1 unspecified atom stereocenters. The van der Waals surface area contributed by atoms with E-state index in [9.17, 15) is 4.39 Å². The van der Waals surface area contributed by atoms with Crippen molar-refractivity contribution in [2.45, 2.75) is 32.9 Å². The van der Waals surface area contributed by atoms with Gasteiger partial charge in [-0.3, -0.25) is 4.90 Å². The molecule has 0 heterocycles. The molecule has 0 spiro atoms. The summed E-state index contributed by atoms with van der Waals surface area (Å²) in [5.74, 6) is -0.194. The van der Waals surface area contributed by atoms with Crippen molar-refractivity contribution in [3.05, 3.63) is 35.1 Å². The van der Waals surface area contributed by atoms with Crippen molar-refractivity contribution >= 4 is 17.2 Å². The van der Waals surface area contributed by atoms with Crippen LogP contribution in [0.4, 0.5) is 4.39 Å². The molecule has 0 aliphatic rings. The minimum atomic E-state index is -0.194. The van der Waals surface area contributed by atoms with Gasteiger partial charge in [-0.05, 0) is 44.2 Å². The summed E-state index contributed by atoms with van der Waals surface area (Å²) in [5.41, 5.74) is 7.62. The zero-order valence-corrected chi connectivity index (χ0v) is 11.4. The number of halogens is 1. The summed E-state index contributed by atoms with van der Waals surface area (Å²) in [6, 6.07) is 5.13. The van der Waals surface area contributed by atoms with Gasteiger partial charge in [-0.2, -0.15) is 0 Å². The summed E-state index contributed by atoms with van der Waals surface area (Å²) >= 11 is 4.89. The van der Waals surface area contributed by atoms with Crippen LogP contribution in [0.5, 0.6) is 0 Å². The molecular weight excluding hydrogens is 235 g/mol. The van der Waals surface area contributed by atoms with Crippen LogP contribution in [0, 0.1) is 12.7 Å². The third-order valence-electron chi connectivity index (χ3n) is 2.98. The SMILES string of the molecule is Cc1ccc(F)cc1CN(C)C(C)CC(N)=S. The lowest BCUT2D eigenvalue weighted by molar-refractivity contribution is 0.254. The standard InChI is InChI=1S/C13H19FN2S/c1-9-4-5-12(14)7-11(9)8-16(3)10(2)6-13(15)17/h4-5,7,10H,6,8H2,1-3H3,(H2,15,17). The van der Waals surface area contributed by atoms with Crippen LogP contribution in [-0.2, 0) is 6.54 Å². The largest absolute Gasteiger partial charge is 0.393 e.